The Hall–Kier alpha value is -0.940. The first kappa shape index (κ1) is 16.9. The summed E-state index contributed by atoms with van der Waals surface area (Å²) in [6.07, 6.45) is 12.3. The maximum Gasteiger partial charge on any atom is 0.240 e. The van der Waals surface area contributed by atoms with Gasteiger partial charge in [-0.3, -0.25) is 4.90 Å². The van der Waals surface area contributed by atoms with Crippen molar-refractivity contribution in [2.45, 2.75) is 83.4 Å². The maximum atomic E-state index is 5.48. The molecule has 0 N–H and O–H groups in total. The summed E-state index contributed by atoms with van der Waals surface area (Å²) in [6, 6.07) is 0.702. The molecular weight excluding hydrogens is 290 g/mol. The van der Waals surface area contributed by atoms with E-state index in [-0.39, 0.29) is 6.10 Å². The average Bonchev–Trinajstić information content (AvgIpc) is 2.93. The van der Waals surface area contributed by atoms with Gasteiger partial charge >= 0.3 is 0 Å². The zero-order chi connectivity index (χ0) is 16.1. The third kappa shape index (κ3) is 4.32. The number of hydrogen-bond donors (Lipinski definition) is 0. The van der Waals surface area contributed by atoms with E-state index in [1.165, 1.54) is 64.3 Å². The zero-order valence-corrected chi connectivity index (χ0v) is 14.7. The Kier molecular flexibility index (Phi) is 6.06. The van der Waals surface area contributed by atoms with E-state index >= 15 is 0 Å². The van der Waals surface area contributed by atoms with Crippen molar-refractivity contribution in [3.8, 4) is 0 Å². The van der Waals surface area contributed by atoms with Gasteiger partial charge in [0.15, 0.2) is 5.82 Å². The van der Waals surface area contributed by atoms with E-state index in [9.17, 15) is 0 Å². The molecule has 1 saturated carbocycles. The van der Waals surface area contributed by atoms with Crippen molar-refractivity contribution in [1.82, 2.24) is 15.0 Å². The van der Waals surface area contributed by atoms with E-state index in [4.69, 9.17) is 9.26 Å². The number of nitrogens with zero attached hydrogens (tertiary/aromatic N) is 3. The van der Waals surface area contributed by atoms with Gasteiger partial charge in [0.25, 0.3) is 0 Å². The molecule has 1 aromatic heterocycles. The summed E-state index contributed by atoms with van der Waals surface area (Å²) >= 11 is 0. The predicted octanol–water partition coefficient (Wildman–Crippen LogP) is 4.10. The molecule has 1 aliphatic heterocycles. The molecule has 5 heteroatoms. The van der Waals surface area contributed by atoms with Gasteiger partial charge in [-0.05, 0) is 45.1 Å². The number of methoxy groups -OCH3 is 1. The maximum absolute atomic E-state index is 5.48. The molecule has 0 aromatic carbocycles. The van der Waals surface area contributed by atoms with Crippen molar-refractivity contribution < 1.29 is 9.26 Å². The van der Waals surface area contributed by atoms with Crippen LogP contribution in [0.4, 0.5) is 0 Å². The van der Waals surface area contributed by atoms with E-state index in [2.05, 4.69) is 15.0 Å². The minimum absolute atomic E-state index is 0.106. The molecule has 0 spiro atoms. The van der Waals surface area contributed by atoms with Crippen LogP contribution in [-0.4, -0.2) is 34.7 Å². The highest BCUT2D eigenvalue weighted by molar-refractivity contribution is 4.92. The smallest absolute Gasteiger partial charge is 0.240 e. The molecule has 1 aliphatic carbocycles. The SMILES string of the molecule is CO[C@H](C)c1noc(CN2CCCCC[C@H]2C2CCCCC2)n1. The van der Waals surface area contributed by atoms with Crippen molar-refractivity contribution in [3.63, 3.8) is 0 Å². The van der Waals surface area contributed by atoms with Crippen LogP contribution >= 0.6 is 0 Å². The number of likely N-dealkylation sites (tertiary alicyclic amines) is 1. The van der Waals surface area contributed by atoms with Crippen LogP contribution in [0.3, 0.4) is 0 Å². The van der Waals surface area contributed by atoms with Crippen LogP contribution in [0.5, 0.6) is 0 Å². The molecule has 2 aliphatic rings. The standard InChI is InChI=1S/C18H31N3O2/c1-14(22-2)18-19-17(23-20-18)13-21-12-8-4-7-11-16(21)15-9-5-3-6-10-15/h14-16H,3-13H2,1-2H3/t14-,16+/m1/s1. The van der Waals surface area contributed by atoms with Gasteiger partial charge in [0, 0.05) is 13.2 Å². The lowest BCUT2D eigenvalue weighted by Crippen LogP contribution is -2.40. The van der Waals surface area contributed by atoms with Gasteiger partial charge in [-0.1, -0.05) is 37.3 Å². The van der Waals surface area contributed by atoms with Crippen LogP contribution in [0, 0.1) is 5.92 Å². The quantitative estimate of drug-likeness (QED) is 0.817. The van der Waals surface area contributed by atoms with Gasteiger partial charge in [-0.15, -0.1) is 0 Å². The Bertz CT molecular complexity index is 471. The van der Waals surface area contributed by atoms with Crippen molar-refractivity contribution in [3.05, 3.63) is 11.7 Å². The van der Waals surface area contributed by atoms with Crippen molar-refractivity contribution in [1.29, 1.82) is 0 Å². The van der Waals surface area contributed by atoms with Crippen LogP contribution in [-0.2, 0) is 11.3 Å². The average molecular weight is 321 g/mol. The highest BCUT2D eigenvalue weighted by Gasteiger charge is 2.30. The Morgan fingerprint density at radius 3 is 2.65 bits per heavy atom. The van der Waals surface area contributed by atoms with Crippen molar-refractivity contribution in [2.24, 2.45) is 5.92 Å². The summed E-state index contributed by atoms with van der Waals surface area (Å²) in [5.74, 6) is 2.26. The van der Waals surface area contributed by atoms with Gasteiger partial charge in [0.2, 0.25) is 5.89 Å². The Morgan fingerprint density at radius 1 is 1.13 bits per heavy atom. The molecule has 1 aromatic rings. The Labute approximate surface area is 139 Å². The van der Waals surface area contributed by atoms with Gasteiger partial charge in [0.1, 0.15) is 6.10 Å². The molecule has 5 nitrogen and oxygen atoms in total. The highest BCUT2D eigenvalue weighted by Crippen LogP contribution is 2.33. The lowest BCUT2D eigenvalue weighted by Gasteiger charge is -2.37. The fourth-order valence-electron chi connectivity index (χ4n) is 4.22. The third-order valence-corrected chi connectivity index (χ3v) is 5.65. The number of hydrogen-bond acceptors (Lipinski definition) is 5. The second-order valence-corrected chi connectivity index (χ2v) is 7.21. The van der Waals surface area contributed by atoms with Gasteiger partial charge in [-0.2, -0.15) is 4.98 Å². The summed E-state index contributed by atoms with van der Waals surface area (Å²) in [4.78, 5) is 7.16. The first-order valence-electron chi connectivity index (χ1n) is 9.37. The third-order valence-electron chi connectivity index (χ3n) is 5.65. The second-order valence-electron chi connectivity index (χ2n) is 7.21. The summed E-state index contributed by atoms with van der Waals surface area (Å²) < 4.78 is 10.8. The van der Waals surface area contributed by atoms with Crippen molar-refractivity contribution >= 4 is 0 Å². The molecule has 130 valence electrons. The normalized spacial score (nSPS) is 26.1. The lowest BCUT2D eigenvalue weighted by molar-refractivity contribution is 0.0995. The van der Waals surface area contributed by atoms with E-state index in [0.29, 0.717) is 11.9 Å². The molecule has 0 unspecified atom stereocenters. The molecule has 2 heterocycles. The molecule has 0 bridgehead atoms. The van der Waals surface area contributed by atoms with E-state index in [1.54, 1.807) is 7.11 Å². The van der Waals surface area contributed by atoms with E-state index in [0.717, 1.165) is 18.4 Å². The number of ether oxygens (including phenoxy) is 1. The van der Waals surface area contributed by atoms with Crippen LogP contribution in [0.1, 0.15) is 82.5 Å². The van der Waals surface area contributed by atoms with E-state index in [1.807, 2.05) is 6.92 Å². The predicted molar refractivity (Wildman–Crippen MR) is 89.0 cm³/mol. The summed E-state index contributed by atoms with van der Waals surface area (Å²) in [5.41, 5.74) is 0. The van der Waals surface area contributed by atoms with Gasteiger partial charge in [0.05, 0.1) is 6.54 Å². The Balaban J connectivity index is 1.68. The minimum Gasteiger partial charge on any atom is -0.374 e. The van der Waals surface area contributed by atoms with Crippen LogP contribution < -0.4 is 0 Å². The zero-order valence-electron chi connectivity index (χ0n) is 14.7. The molecular formula is C18H31N3O2. The molecule has 2 atom stereocenters. The summed E-state index contributed by atoms with van der Waals surface area (Å²) in [5, 5.41) is 4.08. The highest BCUT2D eigenvalue weighted by atomic mass is 16.5. The molecule has 3 rings (SSSR count). The Morgan fingerprint density at radius 2 is 1.87 bits per heavy atom. The number of aromatic nitrogens is 2. The molecule has 1 saturated heterocycles. The van der Waals surface area contributed by atoms with Crippen LogP contribution in [0.15, 0.2) is 4.52 Å². The molecule has 23 heavy (non-hydrogen) atoms. The van der Waals surface area contributed by atoms with Gasteiger partial charge < -0.3 is 9.26 Å². The number of rotatable bonds is 5. The fraction of sp³-hybridized carbons (Fsp3) is 0.889. The lowest BCUT2D eigenvalue weighted by atomic mass is 9.81. The minimum atomic E-state index is -0.106. The summed E-state index contributed by atoms with van der Waals surface area (Å²) in [7, 11) is 1.68. The van der Waals surface area contributed by atoms with Crippen LogP contribution in [0.2, 0.25) is 0 Å². The second kappa shape index (κ2) is 8.25. The molecule has 0 radical (unpaired) electrons. The largest absolute Gasteiger partial charge is 0.374 e. The van der Waals surface area contributed by atoms with E-state index < -0.39 is 0 Å². The molecule has 2 fully saturated rings. The topological polar surface area (TPSA) is 51.4 Å². The van der Waals surface area contributed by atoms with Gasteiger partial charge in [-0.25, -0.2) is 0 Å². The van der Waals surface area contributed by atoms with Crippen molar-refractivity contribution in [2.75, 3.05) is 13.7 Å². The first-order chi connectivity index (χ1) is 11.3. The summed E-state index contributed by atoms with van der Waals surface area (Å²) in [6.45, 7) is 3.91. The molecule has 0 amide bonds. The monoisotopic (exact) mass is 321 g/mol. The fourth-order valence-corrected chi connectivity index (χ4v) is 4.22. The first-order valence-corrected chi connectivity index (χ1v) is 9.37. The van der Waals surface area contributed by atoms with Crippen LogP contribution in [0.25, 0.3) is 0 Å².